The molecule has 0 radical (unpaired) electrons. The fraction of sp³-hybridized carbons (Fsp3) is 0.300. The largest absolute Gasteiger partial charge is 0.482 e. The van der Waals surface area contributed by atoms with Gasteiger partial charge in [0.2, 0.25) is 0 Å². The summed E-state index contributed by atoms with van der Waals surface area (Å²) in [5, 5.41) is 6.41. The molecule has 0 saturated heterocycles. The molecule has 0 saturated carbocycles. The number of hydrogen-bond acceptors (Lipinski definition) is 3. The van der Waals surface area contributed by atoms with Gasteiger partial charge in [-0.15, -0.1) is 0 Å². The summed E-state index contributed by atoms with van der Waals surface area (Å²) in [5.74, 6) is 1.11. The van der Waals surface area contributed by atoms with Crippen LogP contribution in [0.3, 0.4) is 0 Å². The van der Waals surface area contributed by atoms with E-state index in [1.54, 1.807) is 24.1 Å². The number of amides is 1. The summed E-state index contributed by atoms with van der Waals surface area (Å²) in [6.45, 7) is 1.89. The van der Waals surface area contributed by atoms with Gasteiger partial charge in [-0.3, -0.25) is 9.79 Å². The number of para-hydroxylation sites is 2. The van der Waals surface area contributed by atoms with Gasteiger partial charge in [0.25, 0.3) is 5.91 Å². The molecule has 0 bridgehead atoms. The minimum Gasteiger partial charge on any atom is -0.482 e. The molecule has 0 aromatic heterocycles. The summed E-state index contributed by atoms with van der Waals surface area (Å²) in [5.41, 5.74) is 1.78. The number of benzene rings is 2. The van der Waals surface area contributed by atoms with Crippen LogP contribution in [0.1, 0.15) is 12.0 Å². The molecule has 1 aliphatic heterocycles. The molecule has 142 valence electrons. The second kappa shape index (κ2) is 9.02. The lowest BCUT2D eigenvalue weighted by atomic mass is 10.2. The van der Waals surface area contributed by atoms with E-state index in [1.165, 1.54) is 12.1 Å². The summed E-state index contributed by atoms with van der Waals surface area (Å²) >= 11 is 0. The Bertz CT molecular complexity index is 808. The molecule has 1 heterocycles. The predicted molar refractivity (Wildman–Crippen MR) is 104 cm³/mol. The minimum atomic E-state index is -0.250. The summed E-state index contributed by atoms with van der Waals surface area (Å²) in [4.78, 5) is 18.1. The standard InChI is InChI=1S/C20H23FN4O2/c1-22-20(24-13-15-7-9-16(21)10-8-15)23-11-4-12-25-17-5-2-3-6-18(17)27-14-19(25)26/h2-3,5-10H,4,11-14H2,1H3,(H2,22,23,24). The van der Waals surface area contributed by atoms with Crippen LogP contribution >= 0.6 is 0 Å². The summed E-state index contributed by atoms with van der Waals surface area (Å²) < 4.78 is 18.4. The summed E-state index contributed by atoms with van der Waals surface area (Å²) in [7, 11) is 1.70. The smallest absolute Gasteiger partial charge is 0.265 e. The molecule has 1 aliphatic rings. The molecule has 0 fully saturated rings. The Balaban J connectivity index is 1.45. The van der Waals surface area contributed by atoms with Crippen LogP contribution in [0.2, 0.25) is 0 Å². The number of carbonyl (C=O) groups is 1. The van der Waals surface area contributed by atoms with Crippen molar-refractivity contribution in [2.24, 2.45) is 4.99 Å². The van der Waals surface area contributed by atoms with Gasteiger partial charge in [0.1, 0.15) is 11.6 Å². The quantitative estimate of drug-likeness (QED) is 0.465. The van der Waals surface area contributed by atoms with Gasteiger partial charge in [0.15, 0.2) is 12.6 Å². The molecule has 1 amide bonds. The fourth-order valence-corrected chi connectivity index (χ4v) is 2.85. The normalized spacial score (nSPS) is 13.8. The second-order valence-electron chi connectivity index (χ2n) is 6.13. The van der Waals surface area contributed by atoms with E-state index in [-0.39, 0.29) is 18.3 Å². The maximum Gasteiger partial charge on any atom is 0.265 e. The number of carbonyl (C=O) groups excluding carboxylic acids is 1. The Morgan fingerprint density at radius 2 is 1.96 bits per heavy atom. The van der Waals surface area contributed by atoms with Gasteiger partial charge >= 0.3 is 0 Å². The van der Waals surface area contributed by atoms with Gasteiger partial charge in [0, 0.05) is 26.7 Å². The number of guanidine groups is 1. The number of ether oxygens (including phenoxy) is 1. The van der Waals surface area contributed by atoms with E-state index < -0.39 is 0 Å². The van der Waals surface area contributed by atoms with E-state index in [0.717, 1.165) is 23.4 Å². The van der Waals surface area contributed by atoms with E-state index in [2.05, 4.69) is 15.6 Å². The highest BCUT2D eigenvalue weighted by atomic mass is 19.1. The zero-order valence-corrected chi connectivity index (χ0v) is 15.2. The highest BCUT2D eigenvalue weighted by Gasteiger charge is 2.24. The van der Waals surface area contributed by atoms with Crippen LogP contribution in [-0.4, -0.2) is 38.6 Å². The van der Waals surface area contributed by atoms with Gasteiger partial charge in [-0.2, -0.15) is 0 Å². The first-order chi connectivity index (χ1) is 13.2. The lowest BCUT2D eigenvalue weighted by molar-refractivity contribution is -0.121. The number of anilines is 1. The van der Waals surface area contributed by atoms with Gasteiger partial charge < -0.3 is 20.3 Å². The van der Waals surface area contributed by atoms with Crippen molar-refractivity contribution in [2.45, 2.75) is 13.0 Å². The van der Waals surface area contributed by atoms with Crippen LogP contribution in [0.4, 0.5) is 10.1 Å². The molecule has 2 aromatic carbocycles. The lowest BCUT2D eigenvalue weighted by Crippen LogP contribution is -2.41. The molecule has 27 heavy (non-hydrogen) atoms. The SMILES string of the molecule is CN=C(NCCCN1C(=O)COc2ccccc21)NCc1ccc(F)cc1. The van der Waals surface area contributed by atoms with Crippen molar-refractivity contribution in [3.63, 3.8) is 0 Å². The van der Waals surface area contributed by atoms with Crippen LogP contribution in [0.15, 0.2) is 53.5 Å². The highest BCUT2D eigenvalue weighted by Crippen LogP contribution is 2.31. The molecule has 2 N–H and O–H groups in total. The van der Waals surface area contributed by atoms with Crippen LogP contribution in [0.5, 0.6) is 5.75 Å². The molecule has 3 rings (SSSR count). The average Bonchev–Trinajstić information content (AvgIpc) is 2.70. The number of rotatable bonds is 6. The third-order valence-electron chi connectivity index (χ3n) is 4.26. The van der Waals surface area contributed by atoms with Gasteiger partial charge in [-0.25, -0.2) is 4.39 Å². The maximum absolute atomic E-state index is 12.9. The van der Waals surface area contributed by atoms with E-state index in [9.17, 15) is 9.18 Å². The Morgan fingerprint density at radius 1 is 1.19 bits per heavy atom. The van der Waals surface area contributed by atoms with Crippen LogP contribution in [-0.2, 0) is 11.3 Å². The van der Waals surface area contributed by atoms with Crippen molar-refractivity contribution in [3.8, 4) is 5.75 Å². The van der Waals surface area contributed by atoms with E-state index in [4.69, 9.17) is 4.74 Å². The number of nitrogens with one attached hydrogen (secondary N) is 2. The van der Waals surface area contributed by atoms with Crippen LogP contribution in [0, 0.1) is 5.82 Å². The first-order valence-corrected chi connectivity index (χ1v) is 8.88. The zero-order valence-electron chi connectivity index (χ0n) is 15.2. The highest BCUT2D eigenvalue weighted by molar-refractivity contribution is 5.97. The molecule has 0 unspecified atom stereocenters. The molecule has 0 aliphatic carbocycles. The monoisotopic (exact) mass is 370 g/mol. The first-order valence-electron chi connectivity index (χ1n) is 8.88. The molecular formula is C20H23FN4O2. The number of hydrogen-bond donors (Lipinski definition) is 2. The van der Waals surface area contributed by atoms with Crippen LogP contribution < -0.4 is 20.3 Å². The van der Waals surface area contributed by atoms with Crippen molar-refractivity contribution < 1.29 is 13.9 Å². The average molecular weight is 370 g/mol. The first kappa shape index (κ1) is 18.7. The van der Waals surface area contributed by atoms with Gasteiger partial charge in [-0.05, 0) is 36.2 Å². The molecular weight excluding hydrogens is 347 g/mol. The Labute approximate surface area is 158 Å². The van der Waals surface area contributed by atoms with Crippen molar-refractivity contribution in [1.82, 2.24) is 10.6 Å². The second-order valence-corrected chi connectivity index (χ2v) is 6.13. The van der Waals surface area contributed by atoms with Crippen LogP contribution in [0.25, 0.3) is 0 Å². The Morgan fingerprint density at radius 3 is 2.74 bits per heavy atom. The molecule has 0 atom stereocenters. The van der Waals surface area contributed by atoms with E-state index in [0.29, 0.717) is 25.6 Å². The summed E-state index contributed by atoms with van der Waals surface area (Å²) in [6, 6.07) is 13.9. The topological polar surface area (TPSA) is 66.0 Å². The minimum absolute atomic E-state index is 0.0347. The molecule has 0 spiro atoms. The Hall–Kier alpha value is -3.09. The number of halogens is 1. The third kappa shape index (κ3) is 4.97. The van der Waals surface area contributed by atoms with E-state index >= 15 is 0 Å². The fourth-order valence-electron chi connectivity index (χ4n) is 2.85. The number of nitrogens with zero attached hydrogens (tertiary/aromatic N) is 2. The van der Waals surface area contributed by atoms with Crippen molar-refractivity contribution in [3.05, 3.63) is 59.9 Å². The van der Waals surface area contributed by atoms with E-state index in [1.807, 2.05) is 24.3 Å². The van der Waals surface area contributed by atoms with Gasteiger partial charge in [0.05, 0.1) is 5.69 Å². The van der Waals surface area contributed by atoms with Crippen molar-refractivity contribution >= 4 is 17.6 Å². The number of aliphatic imine (C=N–C) groups is 1. The lowest BCUT2D eigenvalue weighted by Gasteiger charge is -2.29. The molecule has 7 heteroatoms. The third-order valence-corrected chi connectivity index (χ3v) is 4.26. The maximum atomic E-state index is 12.9. The summed E-state index contributed by atoms with van der Waals surface area (Å²) in [6.07, 6.45) is 0.761. The van der Waals surface area contributed by atoms with Gasteiger partial charge in [-0.1, -0.05) is 24.3 Å². The molecule has 6 nitrogen and oxygen atoms in total. The molecule has 2 aromatic rings. The zero-order chi connectivity index (χ0) is 19.1. The van der Waals surface area contributed by atoms with Crippen molar-refractivity contribution in [1.29, 1.82) is 0 Å². The Kier molecular flexibility index (Phi) is 6.25. The number of fused-ring (bicyclic) bond motifs is 1. The predicted octanol–water partition coefficient (Wildman–Crippen LogP) is 2.31. The van der Waals surface area contributed by atoms with Crippen molar-refractivity contribution in [2.75, 3.05) is 31.6 Å².